The van der Waals surface area contributed by atoms with Gasteiger partial charge in [0.2, 0.25) is 5.91 Å². The average molecular weight is 399 g/mol. The lowest BCUT2D eigenvalue weighted by Crippen LogP contribution is -2.36. The van der Waals surface area contributed by atoms with Crippen LogP contribution in [0.1, 0.15) is 11.1 Å². The van der Waals surface area contributed by atoms with Gasteiger partial charge in [0.05, 0.1) is 12.0 Å². The van der Waals surface area contributed by atoms with E-state index >= 15 is 0 Å². The molecule has 0 bridgehead atoms. The number of carbonyl (C=O) groups is 2. The number of hydrogen-bond donors (Lipinski definition) is 1. The Bertz CT molecular complexity index is 923. The van der Waals surface area contributed by atoms with Gasteiger partial charge in [-0.15, -0.1) is 0 Å². The third kappa shape index (κ3) is 4.56. The maximum Gasteiger partial charge on any atom is 0.266 e. The number of hydrogen-bond acceptors (Lipinski definition) is 5. The van der Waals surface area contributed by atoms with Crippen molar-refractivity contribution in [3.63, 3.8) is 0 Å². The predicted octanol–water partition coefficient (Wildman–Crippen LogP) is 3.84. The van der Waals surface area contributed by atoms with Crippen molar-refractivity contribution in [2.45, 2.75) is 6.92 Å². The van der Waals surface area contributed by atoms with E-state index in [1.54, 1.807) is 13.2 Å². The third-order valence-electron chi connectivity index (χ3n) is 4.01. The van der Waals surface area contributed by atoms with Gasteiger partial charge in [-0.25, -0.2) is 0 Å². The molecule has 1 N–H and O–H groups in total. The van der Waals surface area contributed by atoms with Gasteiger partial charge in [0, 0.05) is 5.69 Å². The van der Waals surface area contributed by atoms with Crippen LogP contribution in [0, 0.1) is 6.92 Å². The molecule has 27 heavy (non-hydrogen) atoms. The second kappa shape index (κ2) is 8.37. The summed E-state index contributed by atoms with van der Waals surface area (Å²) in [6, 6.07) is 14.8. The van der Waals surface area contributed by atoms with Crippen molar-refractivity contribution in [2.75, 3.05) is 19.0 Å². The summed E-state index contributed by atoms with van der Waals surface area (Å²) < 4.78 is 5.50. The number of aryl methyl sites for hydroxylation is 1. The molecule has 138 valence electrons. The standard InChI is InChI=1S/C20H18N2O3S2/c1-13-5-3-4-6-16(13)21-18(23)12-22-19(24)17(27-20(22)26)11-14-7-9-15(25-2)10-8-14/h3-11H,12H2,1-2H3,(H,21,23)/b17-11-. The number of carbonyl (C=O) groups excluding carboxylic acids is 2. The van der Waals surface area contributed by atoms with Gasteiger partial charge in [-0.2, -0.15) is 0 Å². The average Bonchev–Trinajstić information content (AvgIpc) is 2.91. The topological polar surface area (TPSA) is 58.6 Å². The fraction of sp³-hybridized carbons (Fsp3) is 0.150. The maximum atomic E-state index is 12.6. The summed E-state index contributed by atoms with van der Waals surface area (Å²) in [5.41, 5.74) is 2.54. The molecule has 1 saturated heterocycles. The summed E-state index contributed by atoms with van der Waals surface area (Å²) in [5.74, 6) is 0.194. The number of methoxy groups -OCH3 is 1. The van der Waals surface area contributed by atoms with E-state index < -0.39 is 0 Å². The van der Waals surface area contributed by atoms with Crippen LogP contribution < -0.4 is 10.1 Å². The minimum Gasteiger partial charge on any atom is -0.497 e. The number of thiocarbonyl (C=S) groups is 1. The lowest BCUT2D eigenvalue weighted by Gasteiger charge is -2.15. The molecule has 7 heteroatoms. The van der Waals surface area contributed by atoms with Crippen molar-refractivity contribution in [1.82, 2.24) is 4.90 Å². The molecule has 0 aromatic heterocycles. The highest BCUT2D eigenvalue weighted by Gasteiger charge is 2.33. The Morgan fingerprint density at radius 1 is 1.22 bits per heavy atom. The lowest BCUT2D eigenvalue weighted by molar-refractivity contribution is -0.126. The fourth-order valence-corrected chi connectivity index (χ4v) is 3.79. The van der Waals surface area contributed by atoms with E-state index in [4.69, 9.17) is 17.0 Å². The Morgan fingerprint density at radius 2 is 1.93 bits per heavy atom. The number of benzene rings is 2. The van der Waals surface area contributed by atoms with Gasteiger partial charge in [0.1, 0.15) is 16.6 Å². The Hall–Kier alpha value is -2.64. The number of nitrogens with one attached hydrogen (secondary N) is 1. The quantitative estimate of drug-likeness (QED) is 0.613. The highest BCUT2D eigenvalue weighted by molar-refractivity contribution is 8.26. The smallest absolute Gasteiger partial charge is 0.266 e. The maximum absolute atomic E-state index is 12.6. The molecule has 2 aromatic rings. The van der Waals surface area contributed by atoms with Crippen LogP contribution in [-0.2, 0) is 9.59 Å². The number of thioether (sulfide) groups is 1. The summed E-state index contributed by atoms with van der Waals surface area (Å²) in [6.07, 6.45) is 1.76. The summed E-state index contributed by atoms with van der Waals surface area (Å²) in [6.45, 7) is 1.80. The number of ether oxygens (including phenoxy) is 1. The molecule has 1 aliphatic rings. The number of amides is 2. The minimum atomic E-state index is -0.286. The Morgan fingerprint density at radius 3 is 2.59 bits per heavy atom. The van der Waals surface area contributed by atoms with Crippen LogP contribution in [0.25, 0.3) is 6.08 Å². The van der Waals surface area contributed by atoms with Crippen LogP contribution in [0.2, 0.25) is 0 Å². The van der Waals surface area contributed by atoms with E-state index in [1.807, 2.05) is 55.5 Å². The zero-order chi connectivity index (χ0) is 19.4. The van der Waals surface area contributed by atoms with Gasteiger partial charge in [-0.3, -0.25) is 14.5 Å². The molecule has 5 nitrogen and oxygen atoms in total. The normalized spacial score (nSPS) is 15.3. The van der Waals surface area contributed by atoms with Gasteiger partial charge in [0.15, 0.2) is 0 Å². The largest absolute Gasteiger partial charge is 0.497 e. The van der Waals surface area contributed by atoms with E-state index in [9.17, 15) is 9.59 Å². The summed E-state index contributed by atoms with van der Waals surface area (Å²) in [4.78, 5) is 26.8. The predicted molar refractivity (Wildman–Crippen MR) is 113 cm³/mol. The molecule has 1 heterocycles. The van der Waals surface area contributed by atoms with Crippen LogP contribution in [-0.4, -0.2) is 34.7 Å². The number of para-hydroxylation sites is 1. The third-order valence-corrected chi connectivity index (χ3v) is 5.39. The summed E-state index contributed by atoms with van der Waals surface area (Å²) in [5, 5.41) is 2.82. The van der Waals surface area contributed by atoms with Crippen LogP contribution in [0.3, 0.4) is 0 Å². The summed E-state index contributed by atoms with van der Waals surface area (Å²) in [7, 11) is 1.60. The molecule has 0 aliphatic carbocycles. The molecular formula is C20H18N2O3S2. The van der Waals surface area contributed by atoms with Crippen LogP contribution in [0.15, 0.2) is 53.4 Å². The van der Waals surface area contributed by atoms with Crippen molar-refractivity contribution < 1.29 is 14.3 Å². The van der Waals surface area contributed by atoms with Crippen LogP contribution in [0.5, 0.6) is 5.75 Å². The van der Waals surface area contributed by atoms with Crippen LogP contribution in [0.4, 0.5) is 5.69 Å². The van der Waals surface area contributed by atoms with Crippen LogP contribution >= 0.6 is 24.0 Å². The second-order valence-electron chi connectivity index (χ2n) is 5.90. The fourth-order valence-electron chi connectivity index (χ4n) is 2.53. The van der Waals surface area contributed by atoms with Gasteiger partial charge in [0.25, 0.3) is 5.91 Å². The first-order chi connectivity index (χ1) is 13.0. The SMILES string of the molecule is COc1ccc(/C=C2\SC(=S)N(CC(=O)Nc3ccccc3C)C2=O)cc1. The number of rotatable bonds is 5. The van der Waals surface area contributed by atoms with E-state index in [-0.39, 0.29) is 18.4 Å². The first kappa shape index (κ1) is 19.1. The molecule has 0 atom stereocenters. The first-order valence-corrected chi connectivity index (χ1v) is 9.45. The Kier molecular flexibility index (Phi) is 5.93. The van der Waals surface area contributed by atoms with Gasteiger partial charge >= 0.3 is 0 Å². The first-order valence-electron chi connectivity index (χ1n) is 8.23. The van der Waals surface area contributed by atoms with Crippen molar-refractivity contribution in [2.24, 2.45) is 0 Å². The summed E-state index contributed by atoms with van der Waals surface area (Å²) >= 11 is 6.48. The van der Waals surface area contributed by atoms with Crippen molar-refractivity contribution >= 4 is 51.9 Å². The van der Waals surface area contributed by atoms with E-state index in [0.29, 0.717) is 9.23 Å². The van der Waals surface area contributed by atoms with Crippen molar-refractivity contribution in [3.8, 4) is 5.75 Å². The minimum absolute atomic E-state index is 0.112. The second-order valence-corrected chi connectivity index (χ2v) is 7.58. The Labute approximate surface area is 167 Å². The molecular weight excluding hydrogens is 380 g/mol. The lowest BCUT2D eigenvalue weighted by atomic mass is 10.2. The van der Waals surface area contributed by atoms with E-state index in [1.165, 1.54) is 16.7 Å². The molecule has 0 unspecified atom stereocenters. The molecule has 2 aromatic carbocycles. The molecule has 1 aliphatic heterocycles. The van der Waals surface area contributed by atoms with Crippen molar-refractivity contribution in [1.29, 1.82) is 0 Å². The van der Waals surface area contributed by atoms with Gasteiger partial charge in [-0.05, 0) is 42.3 Å². The van der Waals surface area contributed by atoms with Gasteiger partial charge < -0.3 is 10.1 Å². The zero-order valence-corrected chi connectivity index (χ0v) is 16.5. The number of anilines is 1. The number of nitrogens with zero attached hydrogens (tertiary/aromatic N) is 1. The molecule has 2 amide bonds. The molecule has 3 rings (SSSR count). The van der Waals surface area contributed by atoms with E-state index in [2.05, 4.69) is 5.32 Å². The Balaban J connectivity index is 1.69. The van der Waals surface area contributed by atoms with E-state index in [0.717, 1.165) is 22.6 Å². The molecule has 0 radical (unpaired) electrons. The zero-order valence-electron chi connectivity index (χ0n) is 14.9. The molecule has 0 spiro atoms. The highest BCUT2D eigenvalue weighted by Crippen LogP contribution is 2.32. The monoisotopic (exact) mass is 398 g/mol. The molecule has 0 saturated carbocycles. The van der Waals surface area contributed by atoms with Crippen molar-refractivity contribution in [3.05, 3.63) is 64.6 Å². The highest BCUT2D eigenvalue weighted by atomic mass is 32.2. The molecule has 1 fully saturated rings. The van der Waals surface area contributed by atoms with Gasteiger partial charge in [-0.1, -0.05) is 54.3 Å².